The predicted octanol–water partition coefficient (Wildman–Crippen LogP) is 0.589. The Bertz CT molecular complexity index is 538. The zero-order chi connectivity index (χ0) is 13.9. The molecule has 3 rings (SSSR count). The van der Waals surface area contributed by atoms with Crippen molar-refractivity contribution in [3.05, 3.63) is 18.5 Å². The van der Waals surface area contributed by atoms with Gasteiger partial charge in [0.2, 0.25) is 11.8 Å². The van der Waals surface area contributed by atoms with Gasteiger partial charge in [-0.3, -0.25) is 14.6 Å². The van der Waals surface area contributed by atoms with Gasteiger partial charge in [-0.25, -0.2) is 0 Å². The molecular weight excluding hydrogens is 331 g/mol. The number of nitrogens with zero attached hydrogens (tertiary/aromatic N) is 2. The van der Waals surface area contributed by atoms with Crippen LogP contribution in [0.3, 0.4) is 0 Å². The molecule has 2 aliphatic rings. The van der Waals surface area contributed by atoms with Crippen molar-refractivity contribution in [2.75, 3.05) is 36.5 Å². The molecule has 2 N–H and O–H groups in total. The Kier molecular flexibility index (Phi) is 7.02. The number of halogens is 2. The topological polar surface area (TPSA) is 83.6 Å². The van der Waals surface area contributed by atoms with Crippen molar-refractivity contribution in [3.63, 3.8) is 0 Å². The number of hydrogen-bond donors (Lipinski definition) is 2. The molecule has 0 aromatic carbocycles. The molecule has 9 heteroatoms. The molecule has 22 heavy (non-hydrogen) atoms. The summed E-state index contributed by atoms with van der Waals surface area (Å²) < 4.78 is 5.34. The van der Waals surface area contributed by atoms with E-state index in [1.165, 1.54) is 4.90 Å². The van der Waals surface area contributed by atoms with Gasteiger partial charge in [-0.05, 0) is 6.07 Å². The van der Waals surface area contributed by atoms with Crippen LogP contribution in [0.15, 0.2) is 18.5 Å². The van der Waals surface area contributed by atoms with Crippen molar-refractivity contribution in [2.24, 2.45) is 0 Å². The van der Waals surface area contributed by atoms with Crippen LogP contribution in [0.2, 0.25) is 0 Å². The van der Waals surface area contributed by atoms with Crippen LogP contribution in [0.5, 0.6) is 0 Å². The zero-order valence-electron chi connectivity index (χ0n) is 11.8. The first-order valence-electron chi connectivity index (χ1n) is 6.59. The van der Waals surface area contributed by atoms with Gasteiger partial charge in [0.1, 0.15) is 6.54 Å². The van der Waals surface area contributed by atoms with Gasteiger partial charge >= 0.3 is 0 Å². The van der Waals surface area contributed by atoms with Crippen LogP contribution in [0.25, 0.3) is 0 Å². The maximum Gasteiger partial charge on any atom is 0.244 e. The third-order valence-electron chi connectivity index (χ3n) is 3.39. The highest BCUT2D eigenvalue weighted by Gasteiger charge is 2.28. The summed E-state index contributed by atoms with van der Waals surface area (Å²) in [6, 6.07) is 1.74. The molecule has 0 bridgehead atoms. The summed E-state index contributed by atoms with van der Waals surface area (Å²) in [5, 5.41) is 5.95. The monoisotopic (exact) mass is 348 g/mol. The largest absolute Gasteiger partial charge is 0.378 e. The minimum Gasteiger partial charge on any atom is -0.378 e. The average molecular weight is 349 g/mol. The second-order valence-electron chi connectivity index (χ2n) is 4.85. The molecular formula is C13H18Cl2N4O3. The Morgan fingerprint density at radius 2 is 2.27 bits per heavy atom. The Hall–Kier alpha value is -1.41. The number of aromatic nitrogens is 1. The number of ether oxygens (including phenoxy) is 1. The first kappa shape index (κ1) is 18.6. The molecule has 0 aliphatic carbocycles. The molecule has 2 amide bonds. The van der Waals surface area contributed by atoms with Crippen molar-refractivity contribution >= 4 is 48.0 Å². The fourth-order valence-corrected chi connectivity index (χ4v) is 2.43. The van der Waals surface area contributed by atoms with E-state index < -0.39 is 0 Å². The number of fused-ring (bicyclic) bond motifs is 1. The smallest absolute Gasteiger partial charge is 0.244 e. The molecule has 0 spiro atoms. The van der Waals surface area contributed by atoms with Crippen LogP contribution in [0.1, 0.15) is 6.42 Å². The molecule has 7 nitrogen and oxygen atoms in total. The van der Waals surface area contributed by atoms with Crippen LogP contribution >= 0.6 is 24.8 Å². The zero-order valence-corrected chi connectivity index (χ0v) is 13.4. The standard InChI is InChI=1S/C13H16N4O3.2ClH/c18-12-7-17(11-1-2-14-6-10(11)16-12)13(19)5-9-8-20-4-3-15-9;;/h1-2,6,9,15H,3-5,7-8H2,(H,16,18);2*1H. The highest BCUT2D eigenvalue weighted by molar-refractivity contribution is 6.09. The van der Waals surface area contributed by atoms with Gasteiger partial charge in [0.15, 0.2) is 0 Å². The number of carbonyl (C=O) groups is 2. The normalized spacial score (nSPS) is 20.1. The molecule has 1 fully saturated rings. The van der Waals surface area contributed by atoms with Gasteiger partial charge in [-0.15, -0.1) is 24.8 Å². The minimum absolute atomic E-state index is 0. The summed E-state index contributed by atoms with van der Waals surface area (Å²) in [5.41, 5.74) is 1.27. The average Bonchev–Trinajstić information content (AvgIpc) is 2.47. The van der Waals surface area contributed by atoms with Gasteiger partial charge in [0.25, 0.3) is 0 Å². The van der Waals surface area contributed by atoms with E-state index in [0.29, 0.717) is 31.0 Å². The van der Waals surface area contributed by atoms with Crippen molar-refractivity contribution in [3.8, 4) is 0 Å². The maximum atomic E-state index is 12.4. The Morgan fingerprint density at radius 3 is 3.00 bits per heavy atom. The highest BCUT2D eigenvalue weighted by Crippen LogP contribution is 2.28. The molecule has 1 aromatic heterocycles. The first-order chi connectivity index (χ1) is 9.74. The van der Waals surface area contributed by atoms with Gasteiger partial charge in [0, 0.05) is 25.2 Å². The van der Waals surface area contributed by atoms with Crippen molar-refractivity contribution < 1.29 is 14.3 Å². The third kappa shape index (κ3) is 4.07. The quantitative estimate of drug-likeness (QED) is 0.817. The van der Waals surface area contributed by atoms with Gasteiger partial charge in [-0.1, -0.05) is 0 Å². The van der Waals surface area contributed by atoms with Crippen molar-refractivity contribution in [1.29, 1.82) is 0 Å². The van der Waals surface area contributed by atoms with Crippen molar-refractivity contribution in [2.45, 2.75) is 12.5 Å². The fraction of sp³-hybridized carbons (Fsp3) is 0.462. The number of rotatable bonds is 2. The Balaban J connectivity index is 0.00000121. The molecule has 0 radical (unpaired) electrons. The summed E-state index contributed by atoms with van der Waals surface area (Å²) in [7, 11) is 0. The second kappa shape index (κ2) is 8.28. The molecule has 1 unspecified atom stereocenters. The van der Waals surface area contributed by atoms with Crippen molar-refractivity contribution in [1.82, 2.24) is 10.3 Å². The molecule has 1 atom stereocenters. The Labute approximate surface area is 140 Å². The first-order valence-corrected chi connectivity index (χ1v) is 6.59. The van der Waals surface area contributed by atoms with Gasteiger partial charge < -0.3 is 20.3 Å². The minimum atomic E-state index is -0.202. The number of amides is 2. The molecule has 2 aliphatic heterocycles. The molecule has 122 valence electrons. The third-order valence-corrected chi connectivity index (χ3v) is 3.39. The lowest BCUT2D eigenvalue weighted by Gasteiger charge is -2.31. The second-order valence-corrected chi connectivity index (χ2v) is 4.85. The summed E-state index contributed by atoms with van der Waals surface area (Å²) in [6.07, 6.45) is 3.47. The van der Waals surface area contributed by atoms with E-state index in [9.17, 15) is 9.59 Å². The molecule has 1 aromatic rings. The summed E-state index contributed by atoms with van der Waals surface area (Å²) in [4.78, 5) is 29.5. The van der Waals surface area contributed by atoms with E-state index in [2.05, 4.69) is 15.6 Å². The lowest BCUT2D eigenvalue weighted by molar-refractivity contribution is -0.122. The van der Waals surface area contributed by atoms with Gasteiger partial charge in [0.05, 0.1) is 30.8 Å². The van der Waals surface area contributed by atoms with E-state index in [4.69, 9.17) is 4.74 Å². The lowest BCUT2D eigenvalue weighted by Crippen LogP contribution is -2.48. The SMILES string of the molecule is Cl.Cl.O=C1CN(C(=O)CC2COCCN2)c2ccncc2N1. The lowest BCUT2D eigenvalue weighted by atomic mass is 10.1. The fourth-order valence-electron chi connectivity index (χ4n) is 2.43. The van der Waals surface area contributed by atoms with Crippen LogP contribution in [-0.4, -0.2) is 49.1 Å². The summed E-state index contributed by atoms with van der Waals surface area (Å²) in [5.74, 6) is -0.290. The number of nitrogens with one attached hydrogen (secondary N) is 2. The van der Waals surface area contributed by atoms with E-state index in [-0.39, 0.29) is 49.2 Å². The number of hydrogen-bond acceptors (Lipinski definition) is 5. The molecule has 3 heterocycles. The highest BCUT2D eigenvalue weighted by atomic mass is 35.5. The Morgan fingerprint density at radius 1 is 1.45 bits per heavy atom. The molecule has 0 saturated carbocycles. The number of anilines is 2. The number of morpholine rings is 1. The van der Waals surface area contributed by atoms with Crippen LogP contribution in [-0.2, 0) is 14.3 Å². The maximum absolute atomic E-state index is 12.4. The summed E-state index contributed by atoms with van der Waals surface area (Å²) in [6.45, 7) is 1.99. The van der Waals surface area contributed by atoms with Crippen LogP contribution in [0, 0.1) is 0 Å². The molecule has 1 saturated heterocycles. The van der Waals surface area contributed by atoms with Gasteiger partial charge in [-0.2, -0.15) is 0 Å². The summed E-state index contributed by atoms with van der Waals surface area (Å²) >= 11 is 0. The van der Waals surface area contributed by atoms with Crippen LogP contribution < -0.4 is 15.5 Å². The number of carbonyl (C=O) groups excluding carboxylic acids is 2. The van der Waals surface area contributed by atoms with Crippen LogP contribution in [0.4, 0.5) is 11.4 Å². The van der Waals surface area contributed by atoms with E-state index in [0.717, 1.165) is 6.54 Å². The predicted molar refractivity (Wildman–Crippen MR) is 86.9 cm³/mol. The number of pyridine rings is 1. The van der Waals surface area contributed by atoms with E-state index in [1.54, 1.807) is 18.5 Å². The van der Waals surface area contributed by atoms with E-state index in [1.807, 2.05) is 0 Å². The van der Waals surface area contributed by atoms with E-state index >= 15 is 0 Å².